The first kappa shape index (κ1) is 10.1. The molecule has 0 spiro atoms. The molecule has 1 aromatic heterocycles. The van der Waals surface area contributed by atoms with Gasteiger partial charge in [-0.15, -0.1) is 0 Å². The van der Waals surface area contributed by atoms with Crippen molar-refractivity contribution < 1.29 is 0 Å². The van der Waals surface area contributed by atoms with Gasteiger partial charge in [0.05, 0.1) is 5.69 Å². The molecule has 78 valence electrons. The number of hydrogen-bond acceptors (Lipinski definition) is 2. The van der Waals surface area contributed by atoms with E-state index in [1.807, 2.05) is 18.3 Å². The van der Waals surface area contributed by atoms with Crippen LogP contribution in [-0.2, 0) is 0 Å². The predicted molar refractivity (Wildman–Crippen MR) is 64.4 cm³/mol. The lowest BCUT2D eigenvalue weighted by Crippen LogP contribution is -2.23. The monoisotopic (exact) mass is 200 g/mol. The molecule has 0 radical (unpaired) electrons. The third-order valence-electron chi connectivity index (χ3n) is 2.76. The zero-order chi connectivity index (χ0) is 10.7. The molecule has 1 aromatic rings. The highest BCUT2D eigenvalue weighted by Gasteiger charge is 2.10. The van der Waals surface area contributed by atoms with E-state index in [1.165, 1.54) is 5.57 Å². The highest BCUT2D eigenvalue weighted by Crippen LogP contribution is 2.20. The van der Waals surface area contributed by atoms with E-state index in [2.05, 4.69) is 35.7 Å². The largest absolute Gasteiger partial charge is 0.302 e. The lowest BCUT2D eigenvalue weighted by Gasteiger charge is -2.21. The minimum atomic E-state index is 1.02. The van der Waals surface area contributed by atoms with Gasteiger partial charge >= 0.3 is 0 Å². The van der Waals surface area contributed by atoms with E-state index < -0.39 is 0 Å². The van der Waals surface area contributed by atoms with Crippen molar-refractivity contribution in [3.63, 3.8) is 0 Å². The molecule has 0 saturated carbocycles. The smallest absolute Gasteiger partial charge is 0.0665 e. The molecule has 15 heavy (non-hydrogen) atoms. The highest BCUT2D eigenvalue weighted by atomic mass is 15.1. The van der Waals surface area contributed by atoms with E-state index in [9.17, 15) is 0 Å². The van der Waals surface area contributed by atoms with Crippen molar-refractivity contribution in [3.05, 3.63) is 42.2 Å². The molecule has 0 atom stereocenters. The molecule has 1 aliphatic heterocycles. The lowest BCUT2D eigenvalue weighted by molar-refractivity contribution is 0.370. The van der Waals surface area contributed by atoms with Crippen LogP contribution in [0.5, 0.6) is 0 Å². The van der Waals surface area contributed by atoms with E-state index in [1.54, 1.807) is 0 Å². The zero-order valence-corrected chi connectivity index (χ0v) is 9.11. The van der Waals surface area contributed by atoms with Crippen molar-refractivity contribution in [2.45, 2.75) is 6.42 Å². The summed E-state index contributed by atoms with van der Waals surface area (Å²) in [5, 5.41) is 0. The van der Waals surface area contributed by atoms with Crippen LogP contribution in [0.1, 0.15) is 17.7 Å². The molecular formula is C13H16N2. The van der Waals surface area contributed by atoms with Gasteiger partial charge in [0.2, 0.25) is 0 Å². The van der Waals surface area contributed by atoms with Crippen LogP contribution in [0.25, 0.3) is 11.6 Å². The van der Waals surface area contributed by atoms with Gasteiger partial charge in [-0.2, -0.15) is 0 Å². The van der Waals surface area contributed by atoms with Crippen molar-refractivity contribution in [3.8, 4) is 0 Å². The van der Waals surface area contributed by atoms with Crippen LogP contribution < -0.4 is 0 Å². The van der Waals surface area contributed by atoms with Gasteiger partial charge in [0.25, 0.3) is 0 Å². The van der Waals surface area contributed by atoms with Crippen LogP contribution in [-0.4, -0.2) is 30.0 Å². The Balaban J connectivity index is 2.25. The lowest BCUT2D eigenvalue weighted by atomic mass is 10.0. The summed E-state index contributed by atoms with van der Waals surface area (Å²) in [4.78, 5) is 6.71. The molecule has 0 aromatic carbocycles. The van der Waals surface area contributed by atoms with Crippen molar-refractivity contribution in [2.75, 3.05) is 20.1 Å². The van der Waals surface area contributed by atoms with Gasteiger partial charge in [-0.3, -0.25) is 4.98 Å². The summed E-state index contributed by atoms with van der Waals surface area (Å²) in [6, 6.07) is 4.08. The fourth-order valence-corrected chi connectivity index (χ4v) is 1.75. The number of likely N-dealkylation sites (N-methyl/N-ethyl adjacent to an activating group) is 1. The summed E-state index contributed by atoms with van der Waals surface area (Å²) in [5.74, 6) is 0. The topological polar surface area (TPSA) is 16.1 Å². The number of pyridine rings is 1. The second kappa shape index (κ2) is 4.41. The second-order valence-electron chi connectivity index (χ2n) is 3.92. The van der Waals surface area contributed by atoms with E-state index in [4.69, 9.17) is 0 Å². The van der Waals surface area contributed by atoms with E-state index in [0.717, 1.165) is 30.8 Å². The highest BCUT2D eigenvalue weighted by molar-refractivity contribution is 5.65. The Kier molecular flexibility index (Phi) is 2.97. The molecule has 2 heterocycles. The van der Waals surface area contributed by atoms with Crippen LogP contribution >= 0.6 is 0 Å². The van der Waals surface area contributed by atoms with Gasteiger partial charge in [0, 0.05) is 19.3 Å². The summed E-state index contributed by atoms with van der Waals surface area (Å²) in [6.07, 6.45) is 7.06. The van der Waals surface area contributed by atoms with Crippen molar-refractivity contribution in [1.82, 2.24) is 9.88 Å². The molecule has 0 saturated heterocycles. The minimum absolute atomic E-state index is 1.02. The van der Waals surface area contributed by atoms with E-state index in [-0.39, 0.29) is 0 Å². The Morgan fingerprint density at radius 1 is 1.53 bits per heavy atom. The molecule has 0 aliphatic carbocycles. The quantitative estimate of drug-likeness (QED) is 0.729. The van der Waals surface area contributed by atoms with Crippen LogP contribution in [0.2, 0.25) is 0 Å². The molecule has 0 unspecified atom stereocenters. The molecule has 0 amide bonds. The maximum absolute atomic E-state index is 4.40. The summed E-state index contributed by atoms with van der Waals surface area (Å²) in [7, 11) is 2.14. The summed E-state index contributed by atoms with van der Waals surface area (Å²) in [6.45, 7) is 5.91. The Bertz CT molecular complexity index is 393. The van der Waals surface area contributed by atoms with Gasteiger partial charge in [-0.05, 0) is 36.7 Å². The zero-order valence-electron chi connectivity index (χ0n) is 9.11. The Morgan fingerprint density at radius 3 is 3.07 bits per heavy atom. The summed E-state index contributed by atoms with van der Waals surface area (Å²) >= 11 is 0. The predicted octanol–water partition coefficient (Wildman–Crippen LogP) is 2.44. The van der Waals surface area contributed by atoms with E-state index in [0.29, 0.717) is 0 Å². The third-order valence-corrected chi connectivity index (χ3v) is 2.76. The normalized spacial score (nSPS) is 17.3. The fraction of sp³-hybridized carbons (Fsp3) is 0.308. The Labute approximate surface area is 90.9 Å². The molecular weight excluding hydrogens is 184 g/mol. The first-order valence-electron chi connectivity index (χ1n) is 5.26. The fourth-order valence-electron chi connectivity index (χ4n) is 1.75. The van der Waals surface area contributed by atoms with Gasteiger partial charge in [0.1, 0.15) is 0 Å². The van der Waals surface area contributed by atoms with Gasteiger partial charge in [0.15, 0.2) is 0 Å². The van der Waals surface area contributed by atoms with E-state index >= 15 is 0 Å². The molecule has 1 aliphatic rings. The van der Waals surface area contributed by atoms with Crippen molar-refractivity contribution in [2.24, 2.45) is 0 Å². The molecule has 0 N–H and O–H groups in total. The minimum Gasteiger partial charge on any atom is -0.302 e. The van der Waals surface area contributed by atoms with Gasteiger partial charge in [-0.1, -0.05) is 18.7 Å². The van der Waals surface area contributed by atoms with Crippen LogP contribution in [0, 0.1) is 0 Å². The number of hydrogen-bond donors (Lipinski definition) is 0. The SMILES string of the molecule is C=Cc1ccnc(C2=CCN(C)CC2)c1. The van der Waals surface area contributed by atoms with Crippen molar-refractivity contribution >= 4 is 11.6 Å². The molecule has 2 rings (SSSR count). The van der Waals surface area contributed by atoms with Gasteiger partial charge in [-0.25, -0.2) is 0 Å². The van der Waals surface area contributed by atoms with Crippen LogP contribution in [0.4, 0.5) is 0 Å². The van der Waals surface area contributed by atoms with Gasteiger partial charge < -0.3 is 4.90 Å². The van der Waals surface area contributed by atoms with Crippen molar-refractivity contribution in [1.29, 1.82) is 0 Å². The third kappa shape index (κ3) is 2.34. The second-order valence-corrected chi connectivity index (χ2v) is 3.92. The summed E-state index contributed by atoms with van der Waals surface area (Å²) < 4.78 is 0. The van der Waals surface area contributed by atoms with Crippen LogP contribution in [0.15, 0.2) is 31.0 Å². The summed E-state index contributed by atoms with van der Waals surface area (Å²) in [5.41, 5.74) is 3.59. The van der Waals surface area contributed by atoms with Crippen LogP contribution in [0.3, 0.4) is 0 Å². The number of nitrogens with zero attached hydrogens (tertiary/aromatic N) is 2. The maximum atomic E-state index is 4.40. The standard InChI is InChI=1S/C13H16N2/c1-3-11-4-7-14-13(10-11)12-5-8-15(2)9-6-12/h3-5,7,10H,1,6,8-9H2,2H3. The number of rotatable bonds is 2. The first-order valence-corrected chi connectivity index (χ1v) is 5.26. The average molecular weight is 200 g/mol. The molecule has 2 nitrogen and oxygen atoms in total. The molecule has 0 bridgehead atoms. The Morgan fingerprint density at radius 2 is 2.40 bits per heavy atom. The maximum Gasteiger partial charge on any atom is 0.0665 e. The average Bonchev–Trinajstić information content (AvgIpc) is 2.30. The Hall–Kier alpha value is -1.41. The molecule has 0 fully saturated rings. The first-order chi connectivity index (χ1) is 7.29. The number of aromatic nitrogens is 1. The molecule has 2 heteroatoms.